The van der Waals surface area contributed by atoms with E-state index in [2.05, 4.69) is 20.4 Å². The number of rotatable bonds is 7. The number of nitrogens with one attached hydrogen (secondary N) is 1. The summed E-state index contributed by atoms with van der Waals surface area (Å²) in [6.07, 6.45) is 4.57. The molecule has 2 heterocycles. The van der Waals surface area contributed by atoms with Gasteiger partial charge in [0.2, 0.25) is 5.78 Å². The van der Waals surface area contributed by atoms with Crippen molar-refractivity contribution in [2.75, 3.05) is 0 Å². The van der Waals surface area contributed by atoms with Crippen LogP contribution >= 0.6 is 0 Å². The second-order valence-corrected chi connectivity index (χ2v) is 6.09. The lowest BCUT2D eigenvalue weighted by atomic mass is 10.0. The van der Waals surface area contributed by atoms with E-state index in [0.29, 0.717) is 11.5 Å². The molecule has 28 heavy (non-hydrogen) atoms. The predicted molar refractivity (Wildman–Crippen MR) is 99.5 cm³/mol. The lowest BCUT2D eigenvalue weighted by Gasteiger charge is -2.16. The number of aryl methyl sites for hydroxylation is 1. The number of Topliss-reactive ketones (excluding diaryl/α,β-unsaturated/α-hetero) is 1. The SMILES string of the molecule is Cc1cc(C(=O)NC(Cc2ccccc2)C(=O)C(N)=O)n(-c2cnccn2)n1. The molecule has 0 spiro atoms. The molecule has 9 heteroatoms. The van der Waals surface area contributed by atoms with Crippen molar-refractivity contribution in [3.8, 4) is 5.82 Å². The van der Waals surface area contributed by atoms with Crippen molar-refractivity contribution >= 4 is 17.6 Å². The maximum Gasteiger partial charge on any atom is 0.287 e. The highest BCUT2D eigenvalue weighted by atomic mass is 16.2. The third-order valence-corrected chi connectivity index (χ3v) is 3.98. The number of hydrogen-bond acceptors (Lipinski definition) is 6. The Hall–Kier alpha value is -3.88. The van der Waals surface area contributed by atoms with Crippen molar-refractivity contribution in [3.63, 3.8) is 0 Å². The van der Waals surface area contributed by atoms with Crippen molar-refractivity contribution in [2.24, 2.45) is 5.73 Å². The number of ketones is 1. The Morgan fingerprint density at radius 3 is 2.57 bits per heavy atom. The van der Waals surface area contributed by atoms with Gasteiger partial charge >= 0.3 is 0 Å². The fourth-order valence-corrected chi connectivity index (χ4v) is 2.70. The molecule has 1 unspecified atom stereocenters. The van der Waals surface area contributed by atoms with E-state index in [-0.39, 0.29) is 12.1 Å². The summed E-state index contributed by atoms with van der Waals surface area (Å²) < 4.78 is 1.33. The van der Waals surface area contributed by atoms with Crippen LogP contribution in [0.5, 0.6) is 0 Å². The number of nitrogens with zero attached hydrogens (tertiary/aromatic N) is 4. The van der Waals surface area contributed by atoms with Crippen LogP contribution in [0.15, 0.2) is 55.0 Å². The Morgan fingerprint density at radius 2 is 1.93 bits per heavy atom. The highest BCUT2D eigenvalue weighted by Gasteiger charge is 2.27. The highest BCUT2D eigenvalue weighted by molar-refractivity contribution is 6.38. The Labute approximate surface area is 160 Å². The number of aromatic nitrogens is 4. The molecule has 2 aromatic heterocycles. The van der Waals surface area contributed by atoms with Gasteiger partial charge in [-0.3, -0.25) is 19.4 Å². The molecule has 0 aliphatic carbocycles. The van der Waals surface area contributed by atoms with Gasteiger partial charge in [-0.1, -0.05) is 30.3 Å². The molecule has 0 fully saturated rings. The lowest BCUT2D eigenvalue weighted by molar-refractivity contribution is -0.137. The highest BCUT2D eigenvalue weighted by Crippen LogP contribution is 2.11. The van der Waals surface area contributed by atoms with E-state index in [1.165, 1.54) is 23.3 Å². The average Bonchev–Trinajstić information content (AvgIpc) is 3.10. The summed E-state index contributed by atoms with van der Waals surface area (Å²) in [4.78, 5) is 44.6. The standard InChI is InChI=1S/C19H18N6O3/c1-12-9-15(25(24-12)16-11-21-7-8-22-16)19(28)23-14(17(26)18(20)27)10-13-5-3-2-4-6-13/h2-9,11,14H,10H2,1H3,(H2,20,27)(H,23,28). The molecule has 3 aromatic rings. The minimum Gasteiger partial charge on any atom is -0.363 e. The minimum absolute atomic E-state index is 0.132. The van der Waals surface area contributed by atoms with Crippen LogP contribution in [0.2, 0.25) is 0 Å². The number of nitrogens with two attached hydrogens (primary N) is 1. The fraction of sp³-hybridized carbons (Fsp3) is 0.158. The second kappa shape index (κ2) is 8.21. The van der Waals surface area contributed by atoms with Gasteiger partial charge in [0.25, 0.3) is 11.8 Å². The largest absolute Gasteiger partial charge is 0.363 e. The molecule has 0 bridgehead atoms. The van der Waals surface area contributed by atoms with Crippen molar-refractivity contribution in [1.29, 1.82) is 0 Å². The van der Waals surface area contributed by atoms with Gasteiger partial charge in [0.15, 0.2) is 5.82 Å². The molecular formula is C19H18N6O3. The van der Waals surface area contributed by atoms with Crippen LogP contribution in [0.3, 0.4) is 0 Å². The summed E-state index contributed by atoms with van der Waals surface area (Å²) in [6.45, 7) is 1.72. The molecule has 2 amide bonds. The van der Waals surface area contributed by atoms with E-state index in [0.717, 1.165) is 5.56 Å². The van der Waals surface area contributed by atoms with E-state index < -0.39 is 23.6 Å². The van der Waals surface area contributed by atoms with Crippen molar-refractivity contribution < 1.29 is 14.4 Å². The van der Waals surface area contributed by atoms with E-state index in [9.17, 15) is 14.4 Å². The number of primary amides is 1. The van der Waals surface area contributed by atoms with Gasteiger partial charge in [-0.05, 0) is 18.6 Å². The fourth-order valence-electron chi connectivity index (χ4n) is 2.70. The van der Waals surface area contributed by atoms with Crippen LogP contribution in [0, 0.1) is 6.92 Å². The quantitative estimate of drug-likeness (QED) is 0.571. The van der Waals surface area contributed by atoms with Crippen LogP contribution in [0.4, 0.5) is 0 Å². The van der Waals surface area contributed by atoms with E-state index in [1.807, 2.05) is 6.07 Å². The normalized spacial score (nSPS) is 11.6. The number of amides is 2. The molecule has 142 valence electrons. The average molecular weight is 378 g/mol. The third-order valence-electron chi connectivity index (χ3n) is 3.98. The van der Waals surface area contributed by atoms with Gasteiger partial charge in [0.05, 0.1) is 11.9 Å². The minimum atomic E-state index is -1.11. The first-order valence-electron chi connectivity index (χ1n) is 8.47. The maximum absolute atomic E-state index is 12.9. The van der Waals surface area contributed by atoms with Crippen LogP contribution in [0.1, 0.15) is 21.7 Å². The molecule has 1 atom stereocenters. The first-order chi connectivity index (χ1) is 13.5. The first-order valence-corrected chi connectivity index (χ1v) is 8.47. The summed E-state index contributed by atoms with van der Waals surface area (Å²) in [5.74, 6) is -2.22. The summed E-state index contributed by atoms with van der Waals surface area (Å²) in [5.41, 5.74) is 6.67. The lowest BCUT2D eigenvalue weighted by Crippen LogP contribution is -2.47. The molecular weight excluding hydrogens is 360 g/mol. The molecule has 9 nitrogen and oxygen atoms in total. The molecule has 3 rings (SSSR count). The maximum atomic E-state index is 12.9. The van der Waals surface area contributed by atoms with Gasteiger partial charge in [0, 0.05) is 18.8 Å². The molecule has 0 saturated carbocycles. The molecule has 0 aliphatic rings. The Morgan fingerprint density at radius 1 is 1.18 bits per heavy atom. The van der Waals surface area contributed by atoms with E-state index >= 15 is 0 Å². The number of hydrogen-bond donors (Lipinski definition) is 2. The zero-order valence-electron chi connectivity index (χ0n) is 15.1. The molecule has 0 aliphatic heterocycles. The van der Waals surface area contributed by atoms with Crippen molar-refractivity contribution in [1.82, 2.24) is 25.1 Å². The van der Waals surface area contributed by atoms with Crippen LogP contribution in [0.25, 0.3) is 5.82 Å². The van der Waals surface area contributed by atoms with Gasteiger partial charge in [-0.15, -0.1) is 0 Å². The zero-order chi connectivity index (χ0) is 20.1. The van der Waals surface area contributed by atoms with Gasteiger partial charge in [-0.2, -0.15) is 5.10 Å². The third kappa shape index (κ3) is 4.26. The van der Waals surface area contributed by atoms with Crippen molar-refractivity contribution in [2.45, 2.75) is 19.4 Å². The Kier molecular flexibility index (Phi) is 5.54. The van der Waals surface area contributed by atoms with E-state index in [1.54, 1.807) is 37.3 Å². The summed E-state index contributed by atoms with van der Waals surface area (Å²) in [5, 5.41) is 6.84. The summed E-state index contributed by atoms with van der Waals surface area (Å²) >= 11 is 0. The number of carbonyl (C=O) groups is 3. The van der Waals surface area contributed by atoms with Crippen LogP contribution < -0.4 is 11.1 Å². The molecule has 0 radical (unpaired) electrons. The number of benzene rings is 1. The van der Waals surface area contributed by atoms with Crippen LogP contribution in [-0.4, -0.2) is 43.4 Å². The zero-order valence-corrected chi connectivity index (χ0v) is 15.1. The van der Waals surface area contributed by atoms with Gasteiger partial charge in [0.1, 0.15) is 11.7 Å². The number of carbonyl (C=O) groups excluding carboxylic acids is 3. The Bertz CT molecular complexity index is 1000. The smallest absolute Gasteiger partial charge is 0.287 e. The molecule has 3 N–H and O–H groups in total. The van der Waals surface area contributed by atoms with Gasteiger partial charge in [-0.25, -0.2) is 9.67 Å². The monoisotopic (exact) mass is 378 g/mol. The topological polar surface area (TPSA) is 133 Å². The molecule has 1 aromatic carbocycles. The van der Waals surface area contributed by atoms with Gasteiger partial charge < -0.3 is 11.1 Å². The Balaban J connectivity index is 1.88. The molecule has 0 saturated heterocycles. The van der Waals surface area contributed by atoms with Crippen LogP contribution in [-0.2, 0) is 16.0 Å². The predicted octanol–water partition coefficient (Wildman–Crippen LogP) is 0.366. The summed E-state index contributed by atoms with van der Waals surface area (Å²) in [6, 6.07) is 9.47. The second-order valence-electron chi connectivity index (χ2n) is 6.09. The summed E-state index contributed by atoms with van der Waals surface area (Å²) in [7, 11) is 0. The van der Waals surface area contributed by atoms with Crippen molar-refractivity contribution in [3.05, 3.63) is 71.9 Å². The van der Waals surface area contributed by atoms with E-state index in [4.69, 9.17) is 5.73 Å². The first kappa shape index (κ1) is 18.9.